The Labute approximate surface area is 128 Å². The van der Waals surface area contributed by atoms with Gasteiger partial charge in [0, 0.05) is 16.9 Å². The molecule has 0 fully saturated rings. The zero-order valence-corrected chi connectivity index (χ0v) is 13.6. The average Bonchev–Trinajstić information content (AvgIpc) is 2.35. The van der Waals surface area contributed by atoms with E-state index < -0.39 is 5.60 Å². The summed E-state index contributed by atoms with van der Waals surface area (Å²) in [7, 11) is 0. The molecule has 20 heavy (non-hydrogen) atoms. The maximum Gasteiger partial charge on any atom is 0.407 e. The van der Waals surface area contributed by atoms with Crippen LogP contribution in [0.2, 0.25) is 0 Å². The Hall–Kier alpha value is -1.07. The van der Waals surface area contributed by atoms with Gasteiger partial charge < -0.3 is 14.8 Å². The van der Waals surface area contributed by atoms with Crippen molar-refractivity contribution in [3.8, 4) is 0 Å². The lowest BCUT2D eigenvalue weighted by atomic mass is 9.93. The smallest absolute Gasteiger partial charge is 0.407 e. The van der Waals surface area contributed by atoms with Crippen molar-refractivity contribution in [2.75, 3.05) is 13.2 Å². The summed E-state index contributed by atoms with van der Waals surface area (Å²) < 4.78 is 11.9. The second kappa shape index (κ2) is 6.14. The monoisotopic (exact) mass is 341 g/mol. The normalized spacial score (nSPS) is 18.3. The van der Waals surface area contributed by atoms with Crippen LogP contribution in [0.15, 0.2) is 22.7 Å². The summed E-state index contributed by atoms with van der Waals surface area (Å²) in [5.74, 6) is 0.156. The van der Waals surface area contributed by atoms with Gasteiger partial charge in [0.1, 0.15) is 5.60 Å². The molecule has 110 valence electrons. The molecule has 4 nitrogen and oxygen atoms in total. The molecule has 1 amide bonds. The van der Waals surface area contributed by atoms with Crippen molar-refractivity contribution >= 4 is 22.0 Å². The number of carbonyl (C=O) groups is 1. The summed E-state index contributed by atoms with van der Waals surface area (Å²) in [5.41, 5.74) is 1.91. The Morgan fingerprint density at radius 3 is 2.95 bits per heavy atom. The molecule has 5 heteroatoms. The SMILES string of the molecule is CC(C)(C)OC(=O)NC[C@@H]1COCc2c(Br)cccc21. The van der Waals surface area contributed by atoms with Crippen LogP contribution in [0.4, 0.5) is 4.79 Å². The molecule has 0 saturated carbocycles. The van der Waals surface area contributed by atoms with Gasteiger partial charge in [0.2, 0.25) is 0 Å². The van der Waals surface area contributed by atoms with Crippen molar-refractivity contribution < 1.29 is 14.3 Å². The Balaban J connectivity index is 1.99. The Morgan fingerprint density at radius 1 is 1.50 bits per heavy atom. The zero-order valence-electron chi connectivity index (χ0n) is 12.0. The van der Waals surface area contributed by atoms with Crippen LogP contribution >= 0.6 is 15.9 Å². The fourth-order valence-corrected chi connectivity index (χ4v) is 2.69. The third-order valence-corrected chi connectivity index (χ3v) is 3.79. The molecule has 0 radical (unpaired) electrons. The number of halogens is 1. The first kappa shape index (κ1) is 15.3. The van der Waals surface area contributed by atoms with Gasteiger partial charge in [0.05, 0.1) is 13.2 Å². The van der Waals surface area contributed by atoms with Crippen LogP contribution in [0.3, 0.4) is 0 Å². The molecule has 0 saturated heterocycles. The lowest BCUT2D eigenvalue weighted by Crippen LogP contribution is -2.36. The van der Waals surface area contributed by atoms with Gasteiger partial charge in [-0.1, -0.05) is 28.1 Å². The van der Waals surface area contributed by atoms with E-state index in [9.17, 15) is 4.79 Å². The first-order chi connectivity index (χ1) is 9.37. The maximum atomic E-state index is 11.7. The molecule has 1 atom stereocenters. The van der Waals surface area contributed by atoms with Crippen LogP contribution in [0, 0.1) is 0 Å². The lowest BCUT2D eigenvalue weighted by Gasteiger charge is -2.27. The van der Waals surface area contributed by atoms with Gasteiger partial charge in [-0.2, -0.15) is 0 Å². The highest BCUT2D eigenvalue weighted by atomic mass is 79.9. The lowest BCUT2D eigenvalue weighted by molar-refractivity contribution is 0.0498. The quantitative estimate of drug-likeness (QED) is 0.894. The molecule has 1 aliphatic heterocycles. The van der Waals surface area contributed by atoms with Crippen molar-refractivity contribution in [1.82, 2.24) is 5.32 Å². The van der Waals surface area contributed by atoms with E-state index in [1.165, 1.54) is 5.56 Å². The van der Waals surface area contributed by atoms with Gasteiger partial charge in [-0.15, -0.1) is 0 Å². The number of hydrogen-bond acceptors (Lipinski definition) is 3. The van der Waals surface area contributed by atoms with Crippen molar-refractivity contribution in [1.29, 1.82) is 0 Å². The van der Waals surface area contributed by atoms with E-state index in [4.69, 9.17) is 9.47 Å². The Kier molecular flexibility index (Phi) is 4.70. The highest BCUT2D eigenvalue weighted by molar-refractivity contribution is 9.10. The first-order valence-corrected chi connectivity index (χ1v) is 7.48. The largest absolute Gasteiger partial charge is 0.444 e. The molecule has 0 aliphatic carbocycles. The summed E-state index contributed by atoms with van der Waals surface area (Å²) >= 11 is 3.54. The topological polar surface area (TPSA) is 47.6 Å². The van der Waals surface area contributed by atoms with Crippen LogP contribution in [-0.2, 0) is 16.1 Å². The van der Waals surface area contributed by atoms with E-state index in [2.05, 4.69) is 27.3 Å². The molecule has 1 aliphatic rings. The van der Waals surface area contributed by atoms with Gasteiger partial charge in [-0.25, -0.2) is 4.79 Å². The number of amides is 1. The van der Waals surface area contributed by atoms with E-state index in [0.717, 1.165) is 10.0 Å². The van der Waals surface area contributed by atoms with Crippen molar-refractivity contribution in [2.45, 2.75) is 38.9 Å². The van der Waals surface area contributed by atoms with E-state index in [1.54, 1.807) is 0 Å². The van der Waals surface area contributed by atoms with E-state index in [1.807, 2.05) is 32.9 Å². The molecule has 1 heterocycles. The predicted molar refractivity (Wildman–Crippen MR) is 80.8 cm³/mol. The number of benzene rings is 1. The third kappa shape index (κ3) is 3.96. The highest BCUT2D eigenvalue weighted by Gasteiger charge is 2.24. The summed E-state index contributed by atoms with van der Waals surface area (Å²) in [6.45, 7) is 7.28. The molecule has 1 aromatic carbocycles. The van der Waals surface area contributed by atoms with Crippen molar-refractivity contribution in [2.24, 2.45) is 0 Å². The van der Waals surface area contributed by atoms with Crippen LogP contribution in [-0.4, -0.2) is 24.8 Å². The molecule has 0 aromatic heterocycles. The number of ether oxygens (including phenoxy) is 2. The second-order valence-electron chi connectivity index (χ2n) is 5.90. The molecular weight excluding hydrogens is 322 g/mol. The van der Waals surface area contributed by atoms with Crippen molar-refractivity contribution in [3.63, 3.8) is 0 Å². The molecule has 0 bridgehead atoms. The third-order valence-electron chi connectivity index (χ3n) is 3.05. The molecule has 0 spiro atoms. The van der Waals surface area contributed by atoms with E-state index in [0.29, 0.717) is 19.8 Å². The van der Waals surface area contributed by atoms with Crippen LogP contribution in [0.5, 0.6) is 0 Å². The number of nitrogens with one attached hydrogen (secondary N) is 1. The zero-order chi connectivity index (χ0) is 14.8. The van der Waals surface area contributed by atoms with Crippen molar-refractivity contribution in [3.05, 3.63) is 33.8 Å². The minimum Gasteiger partial charge on any atom is -0.444 e. The standard InChI is InChI=1S/C15H20BrNO3/c1-15(2,3)20-14(18)17-7-10-8-19-9-12-11(10)5-4-6-13(12)16/h4-6,10H,7-9H2,1-3H3,(H,17,18)/t10-/m1/s1. The first-order valence-electron chi connectivity index (χ1n) is 6.69. The fraction of sp³-hybridized carbons (Fsp3) is 0.533. The number of hydrogen-bond donors (Lipinski definition) is 1. The van der Waals surface area contributed by atoms with Crippen LogP contribution < -0.4 is 5.32 Å². The molecular formula is C15H20BrNO3. The summed E-state index contributed by atoms with van der Waals surface area (Å²) in [5, 5.41) is 2.81. The minimum atomic E-state index is -0.478. The van der Waals surface area contributed by atoms with Crippen LogP contribution in [0.25, 0.3) is 0 Å². The summed E-state index contributed by atoms with van der Waals surface area (Å²) in [6, 6.07) is 6.10. The predicted octanol–water partition coefficient (Wildman–Crippen LogP) is 3.59. The average molecular weight is 342 g/mol. The molecule has 0 unspecified atom stereocenters. The summed E-state index contributed by atoms with van der Waals surface area (Å²) in [4.78, 5) is 11.7. The minimum absolute atomic E-state index is 0.156. The fourth-order valence-electron chi connectivity index (χ4n) is 2.19. The summed E-state index contributed by atoms with van der Waals surface area (Å²) in [6.07, 6.45) is -0.389. The van der Waals surface area contributed by atoms with E-state index in [-0.39, 0.29) is 12.0 Å². The molecule has 2 rings (SSSR count). The highest BCUT2D eigenvalue weighted by Crippen LogP contribution is 2.31. The van der Waals surface area contributed by atoms with Gasteiger partial charge in [-0.05, 0) is 38.0 Å². The van der Waals surface area contributed by atoms with Gasteiger partial charge >= 0.3 is 6.09 Å². The number of fused-ring (bicyclic) bond motifs is 1. The second-order valence-corrected chi connectivity index (χ2v) is 6.76. The van der Waals surface area contributed by atoms with E-state index >= 15 is 0 Å². The Morgan fingerprint density at radius 2 is 2.25 bits per heavy atom. The van der Waals surface area contributed by atoms with Gasteiger partial charge in [-0.3, -0.25) is 0 Å². The number of alkyl carbamates (subject to hydrolysis) is 1. The Bertz CT molecular complexity index is 496. The molecule has 1 N–H and O–H groups in total. The number of carbonyl (C=O) groups excluding carboxylic acids is 1. The number of rotatable bonds is 2. The van der Waals surface area contributed by atoms with Gasteiger partial charge in [0.15, 0.2) is 0 Å². The molecule has 1 aromatic rings. The van der Waals surface area contributed by atoms with Crippen LogP contribution in [0.1, 0.15) is 37.8 Å². The maximum absolute atomic E-state index is 11.7. The van der Waals surface area contributed by atoms with Gasteiger partial charge in [0.25, 0.3) is 0 Å².